The maximum Gasteiger partial charge on any atom is 0.129 e. The molecule has 0 aromatic heterocycles. The number of Topliss-reactive ketones (excluding diaryl/α,β-unsaturated/α-hetero) is 1. The summed E-state index contributed by atoms with van der Waals surface area (Å²) >= 11 is 0. The van der Waals surface area contributed by atoms with Crippen molar-refractivity contribution in [1.82, 2.24) is 4.90 Å². The standard InChI is InChI=1S/C11H21NO2/c1-10(13)4-3-7-12(2)11-5-8-14-9-6-11/h11H,3-9H2,1-2H3. The number of carbonyl (C=O) groups is 1. The second kappa shape index (κ2) is 6.14. The van der Waals surface area contributed by atoms with E-state index in [1.807, 2.05) is 0 Å². The summed E-state index contributed by atoms with van der Waals surface area (Å²) in [4.78, 5) is 13.1. The van der Waals surface area contributed by atoms with Gasteiger partial charge in [-0.1, -0.05) is 0 Å². The minimum Gasteiger partial charge on any atom is -0.381 e. The number of carbonyl (C=O) groups excluding carboxylic acids is 1. The normalized spacial score (nSPS) is 18.8. The van der Waals surface area contributed by atoms with Gasteiger partial charge in [0.15, 0.2) is 0 Å². The molecule has 0 N–H and O–H groups in total. The molecule has 0 aliphatic carbocycles. The van der Waals surface area contributed by atoms with E-state index in [1.165, 1.54) is 0 Å². The highest BCUT2D eigenvalue weighted by Crippen LogP contribution is 2.13. The van der Waals surface area contributed by atoms with Crippen molar-refractivity contribution in [2.24, 2.45) is 0 Å². The van der Waals surface area contributed by atoms with Gasteiger partial charge in [-0.05, 0) is 39.8 Å². The molecule has 14 heavy (non-hydrogen) atoms. The molecule has 0 aromatic rings. The van der Waals surface area contributed by atoms with Crippen molar-refractivity contribution in [1.29, 1.82) is 0 Å². The van der Waals surface area contributed by atoms with E-state index < -0.39 is 0 Å². The van der Waals surface area contributed by atoms with Crippen molar-refractivity contribution in [2.75, 3.05) is 26.8 Å². The third-order valence-corrected chi connectivity index (χ3v) is 2.85. The van der Waals surface area contributed by atoms with Gasteiger partial charge in [0, 0.05) is 25.7 Å². The first kappa shape index (κ1) is 11.7. The Kier molecular flexibility index (Phi) is 5.12. The minimum absolute atomic E-state index is 0.297. The van der Waals surface area contributed by atoms with Crippen LogP contribution in [0.4, 0.5) is 0 Å². The van der Waals surface area contributed by atoms with E-state index in [9.17, 15) is 4.79 Å². The third kappa shape index (κ3) is 4.20. The predicted octanol–water partition coefficient (Wildman–Crippen LogP) is 1.47. The molecule has 1 heterocycles. The molecule has 0 aromatic carbocycles. The van der Waals surface area contributed by atoms with Crippen LogP contribution in [0.2, 0.25) is 0 Å². The van der Waals surface area contributed by atoms with Gasteiger partial charge in [0.25, 0.3) is 0 Å². The van der Waals surface area contributed by atoms with Crippen LogP contribution < -0.4 is 0 Å². The van der Waals surface area contributed by atoms with Crippen LogP contribution in [-0.2, 0) is 9.53 Å². The van der Waals surface area contributed by atoms with Gasteiger partial charge in [-0.15, -0.1) is 0 Å². The van der Waals surface area contributed by atoms with Crippen LogP contribution in [0.25, 0.3) is 0 Å². The molecule has 0 radical (unpaired) electrons. The lowest BCUT2D eigenvalue weighted by molar-refractivity contribution is -0.117. The van der Waals surface area contributed by atoms with Gasteiger partial charge in [0.2, 0.25) is 0 Å². The average molecular weight is 199 g/mol. The molecule has 82 valence electrons. The molecule has 1 fully saturated rings. The first-order valence-corrected chi connectivity index (χ1v) is 5.47. The lowest BCUT2D eigenvalue weighted by Crippen LogP contribution is -2.37. The summed E-state index contributed by atoms with van der Waals surface area (Å²) in [5.41, 5.74) is 0. The molecule has 0 amide bonds. The van der Waals surface area contributed by atoms with Gasteiger partial charge < -0.3 is 14.4 Å². The van der Waals surface area contributed by atoms with Crippen LogP contribution in [0.3, 0.4) is 0 Å². The molecule has 1 saturated heterocycles. The largest absolute Gasteiger partial charge is 0.381 e. The number of hydrogen-bond acceptors (Lipinski definition) is 3. The SMILES string of the molecule is CC(=O)CCCN(C)C1CCOCC1. The number of ether oxygens (including phenoxy) is 1. The fraction of sp³-hybridized carbons (Fsp3) is 0.909. The topological polar surface area (TPSA) is 29.5 Å². The monoisotopic (exact) mass is 199 g/mol. The van der Waals surface area contributed by atoms with Crippen LogP contribution in [0, 0.1) is 0 Å². The molecule has 0 unspecified atom stereocenters. The molecule has 1 aliphatic rings. The van der Waals surface area contributed by atoms with Crippen LogP contribution in [0.15, 0.2) is 0 Å². The van der Waals surface area contributed by atoms with Crippen molar-refractivity contribution in [3.05, 3.63) is 0 Å². The molecule has 3 heteroatoms. The Morgan fingerprint density at radius 2 is 2.07 bits per heavy atom. The van der Waals surface area contributed by atoms with Crippen LogP contribution in [-0.4, -0.2) is 43.5 Å². The zero-order valence-corrected chi connectivity index (χ0v) is 9.29. The van der Waals surface area contributed by atoms with E-state index in [1.54, 1.807) is 6.92 Å². The number of nitrogens with zero attached hydrogens (tertiary/aromatic N) is 1. The number of ketones is 1. The zero-order valence-electron chi connectivity index (χ0n) is 9.29. The average Bonchev–Trinajstić information content (AvgIpc) is 2.18. The molecule has 1 rings (SSSR count). The van der Waals surface area contributed by atoms with E-state index in [0.29, 0.717) is 18.2 Å². The fourth-order valence-electron chi connectivity index (χ4n) is 1.89. The highest BCUT2D eigenvalue weighted by molar-refractivity contribution is 5.75. The Morgan fingerprint density at radius 3 is 2.64 bits per heavy atom. The van der Waals surface area contributed by atoms with Gasteiger partial charge >= 0.3 is 0 Å². The summed E-state index contributed by atoms with van der Waals surface area (Å²) in [7, 11) is 2.15. The van der Waals surface area contributed by atoms with Crippen LogP contribution in [0.5, 0.6) is 0 Å². The molecule has 3 nitrogen and oxygen atoms in total. The summed E-state index contributed by atoms with van der Waals surface area (Å²) < 4.78 is 5.31. The lowest BCUT2D eigenvalue weighted by Gasteiger charge is -2.31. The van der Waals surface area contributed by atoms with E-state index in [-0.39, 0.29) is 0 Å². The van der Waals surface area contributed by atoms with Gasteiger partial charge in [-0.3, -0.25) is 0 Å². The van der Waals surface area contributed by atoms with E-state index >= 15 is 0 Å². The summed E-state index contributed by atoms with van der Waals surface area (Å²) in [6.45, 7) is 4.47. The molecular formula is C11H21NO2. The highest BCUT2D eigenvalue weighted by Gasteiger charge is 2.17. The molecule has 1 aliphatic heterocycles. The Balaban J connectivity index is 2.13. The molecule has 0 atom stereocenters. The van der Waals surface area contributed by atoms with Crippen molar-refractivity contribution in [3.8, 4) is 0 Å². The van der Waals surface area contributed by atoms with Crippen LogP contribution in [0.1, 0.15) is 32.6 Å². The van der Waals surface area contributed by atoms with Crippen LogP contribution >= 0.6 is 0 Å². The van der Waals surface area contributed by atoms with Crippen molar-refractivity contribution >= 4 is 5.78 Å². The smallest absolute Gasteiger partial charge is 0.129 e. The molecule has 0 bridgehead atoms. The Bertz CT molecular complexity index is 176. The molecular weight excluding hydrogens is 178 g/mol. The number of hydrogen-bond donors (Lipinski definition) is 0. The van der Waals surface area contributed by atoms with E-state index in [0.717, 1.165) is 39.0 Å². The van der Waals surface area contributed by atoms with E-state index in [4.69, 9.17) is 4.74 Å². The molecule has 0 spiro atoms. The lowest BCUT2D eigenvalue weighted by atomic mass is 10.1. The highest BCUT2D eigenvalue weighted by atomic mass is 16.5. The summed E-state index contributed by atoms with van der Waals surface area (Å²) in [5.74, 6) is 0.297. The van der Waals surface area contributed by atoms with E-state index in [2.05, 4.69) is 11.9 Å². The summed E-state index contributed by atoms with van der Waals surface area (Å²) in [5, 5.41) is 0. The van der Waals surface area contributed by atoms with Crippen molar-refractivity contribution in [2.45, 2.75) is 38.6 Å². The quantitative estimate of drug-likeness (QED) is 0.671. The Hall–Kier alpha value is -0.410. The maximum absolute atomic E-state index is 10.8. The first-order chi connectivity index (χ1) is 6.70. The summed E-state index contributed by atoms with van der Waals surface area (Å²) in [6, 6.07) is 0.663. The zero-order chi connectivity index (χ0) is 10.4. The fourth-order valence-corrected chi connectivity index (χ4v) is 1.89. The predicted molar refractivity (Wildman–Crippen MR) is 56.4 cm³/mol. The Morgan fingerprint density at radius 1 is 1.43 bits per heavy atom. The van der Waals surface area contributed by atoms with Gasteiger partial charge in [0.05, 0.1) is 0 Å². The third-order valence-electron chi connectivity index (χ3n) is 2.85. The van der Waals surface area contributed by atoms with Crippen molar-refractivity contribution < 1.29 is 9.53 Å². The van der Waals surface area contributed by atoms with Crippen molar-refractivity contribution in [3.63, 3.8) is 0 Å². The van der Waals surface area contributed by atoms with Gasteiger partial charge in [-0.2, -0.15) is 0 Å². The maximum atomic E-state index is 10.8. The minimum atomic E-state index is 0.297. The number of rotatable bonds is 5. The Labute approximate surface area is 86.4 Å². The second-order valence-electron chi connectivity index (χ2n) is 4.13. The first-order valence-electron chi connectivity index (χ1n) is 5.47. The summed E-state index contributed by atoms with van der Waals surface area (Å²) in [6.07, 6.45) is 3.98. The second-order valence-corrected chi connectivity index (χ2v) is 4.13. The van der Waals surface area contributed by atoms with Gasteiger partial charge in [-0.25, -0.2) is 0 Å². The molecule has 0 saturated carbocycles. The van der Waals surface area contributed by atoms with Gasteiger partial charge in [0.1, 0.15) is 5.78 Å².